The molecule has 0 aliphatic rings. The van der Waals surface area contributed by atoms with E-state index in [4.69, 9.17) is 0 Å². The molecule has 1 atom stereocenters. The molecule has 0 saturated heterocycles. The topological polar surface area (TPSA) is 79.4 Å². The van der Waals surface area contributed by atoms with Gasteiger partial charge in [-0.2, -0.15) is 0 Å². The minimum atomic E-state index is -3.92. The summed E-state index contributed by atoms with van der Waals surface area (Å²) in [6.45, 7) is 3.68. The van der Waals surface area contributed by atoms with Gasteiger partial charge in [-0.15, -0.1) is 11.3 Å². The highest BCUT2D eigenvalue weighted by molar-refractivity contribution is 7.93. The molecule has 0 radical (unpaired) electrons. The molecule has 1 unspecified atom stereocenters. The third-order valence-corrected chi connectivity index (χ3v) is 7.05. The summed E-state index contributed by atoms with van der Waals surface area (Å²) in [7, 11) is -3.92. The summed E-state index contributed by atoms with van der Waals surface area (Å²) in [6.07, 6.45) is 1.52. The second-order valence-electron chi connectivity index (χ2n) is 6.84. The number of thiazole rings is 1. The number of carbonyl (C=O) groups excluding carboxylic acids is 1. The summed E-state index contributed by atoms with van der Waals surface area (Å²) >= 11 is 1.17. The minimum Gasteiger partial charge on any atom is -0.347 e. The van der Waals surface area contributed by atoms with Crippen LogP contribution in [0.1, 0.15) is 25.5 Å². The number of amides is 1. The lowest BCUT2D eigenvalue weighted by Crippen LogP contribution is -2.43. The highest BCUT2D eigenvalue weighted by Crippen LogP contribution is 2.26. The first kappa shape index (κ1) is 21.0. The number of rotatable bonds is 8. The first-order valence-electron chi connectivity index (χ1n) is 9.21. The van der Waals surface area contributed by atoms with Crippen molar-refractivity contribution in [2.75, 3.05) is 10.8 Å². The first-order chi connectivity index (χ1) is 13.9. The Balaban J connectivity index is 1.86. The van der Waals surface area contributed by atoms with Crippen molar-refractivity contribution in [3.05, 3.63) is 77.8 Å². The average Bonchev–Trinajstić information content (AvgIpc) is 3.25. The summed E-state index contributed by atoms with van der Waals surface area (Å²) < 4.78 is 27.4. The molecular formula is C21H23N3O3S2. The molecule has 1 heterocycles. The Morgan fingerprint density at radius 3 is 2.24 bits per heavy atom. The Hall–Kier alpha value is -2.71. The van der Waals surface area contributed by atoms with E-state index in [-0.39, 0.29) is 34.4 Å². The van der Waals surface area contributed by atoms with E-state index in [9.17, 15) is 13.2 Å². The van der Waals surface area contributed by atoms with Crippen LogP contribution in [0.15, 0.2) is 77.1 Å². The fourth-order valence-electron chi connectivity index (χ4n) is 2.96. The fraction of sp³-hybridized carbons (Fsp3) is 0.238. The second-order valence-corrected chi connectivity index (χ2v) is 9.57. The van der Waals surface area contributed by atoms with Crippen LogP contribution in [0, 0.1) is 5.92 Å². The standard InChI is InChI=1S/C21H23N3O3S2/c1-16(2)20(17-9-5-3-6-10-17)23-19(25)15-24(21-22-13-14-28-21)29(26,27)18-11-7-4-8-12-18/h3-14,16,20H,15H2,1-2H3,(H,23,25). The van der Waals surface area contributed by atoms with Gasteiger partial charge in [0.2, 0.25) is 5.91 Å². The maximum absolute atomic E-state index is 13.2. The van der Waals surface area contributed by atoms with Crippen molar-refractivity contribution in [3.8, 4) is 0 Å². The van der Waals surface area contributed by atoms with Crippen molar-refractivity contribution in [2.24, 2.45) is 5.92 Å². The van der Waals surface area contributed by atoms with Gasteiger partial charge in [-0.3, -0.25) is 4.79 Å². The van der Waals surface area contributed by atoms with Gasteiger partial charge in [0.05, 0.1) is 10.9 Å². The summed E-state index contributed by atoms with van der Waals surface area (Å²) in [5.41, 5.74) is 0.975. The van der Waals surface area contributed by atoms with Gasteiger partial charge in [-0.25, -0.2) is 17.7 Å². The van der Waals surface area contributed by atoms with Gasteiger partial charge in [-0.1, -0.05) is 62.4 Å². The summed E-state index contributed by atoms with van der Waals surface area (Å²) in [5, 5.41) is 4.92. The van der Waals surface area contributed by atoms with Crippen LogP contribution in [-0.4, -0.2) is 25.9 Å². The Morgan fingerprint density at radius 2 is 1.69 bits per heavy atom. The number of nitrogens with one attached hydrogen (secondary N) is 1. The number of hydrogen-bond donors (Lipinski definition) is 1. The fourth-order valence-corrected chi connectivity index (χ4v) is 5.23. The van der Waals surface area contributed by atoms with Crippen LogP contribution in [0.2, 0.25) is 0 Å². The molecule has 8 heteroatoms. The highest BCUT2D eigenvalue weighted by atomic mass is 32.2. The number of carbonyl (C=O) groups is 1. The predicted octanol–water partition coefficient (Wildman–Crippen LogP) is 3.85. The number of aromatic nitrogens is 1. The van der Waals surface area contributed by atoms with Gasteiger partial charge >= 0.3 is 0 Å². The second kappa shape index (κ2) is 9.19. The van der Waals surface area contributed by atoms with Crippen LogP contribution in [0.25, 0.3) is 0 Å². The molecule has 2 aromatic carbocycles. The zero-order chi connectivity index (χ0) is 20.9. The van der Waals surface area contributed by atoms with E-state index >= 15 is 0 Å². The van der Waals surface area contributed by atoms with Gasteiger partial charge in [0.15, 0.2) is 5.13 Å². The van der Waals surface area contributed by atoms with E-state index in [1.165, 1.54) is 29.7 Å². The summed E-state index contributed by atoms with van der Waals surface area (Å²) in [6, 6.07) is 17.5. The number of anilines is 1. The minimum absolute atomic E-state index is 0.117. The van der Waals surface area contributed by atoms with Crippen LogP contribution >= 0.6 is 11.3 Å². The van der Waals surface area contributed by atoms with E-state index in [1.807, 2.05) is 44.2 Å². The lowest BCUT2D eigenvalue weighted by Gasteiger charge is -2.26. The van der Waals surface area contributed by atoms with Crippen LogP contribution in [0.4, 0.5) is 5.13 Å². The third kappa shape index (κ3) is 5.02. The van der Waals surface area contributed by atoms with Gasteiger partial charge in [-0.05, 0) is 23.6 Å². The van der Waals surface area contributed by atoms with Gasteiger partial charge in [0.25, 0.3) is 10.0 Å². The Kier molecular flexibility index (Phi) is 6.66. The quantitative estimate of drug-likeness (QED) is 0.590. The molecule has 152 valence electrons. The largest absolute Gasteiger partial charge is 0.347 e. The molecule has 29 heavy (non-hydrogen) atoms. The number of sulfonamides is 1. The molecule has 0 fully saturated rings. The lowest BCUT2D eigenvalue weighted by molar-refractivity contribution is -0.120. The first-order valence-corrected chi connectivity index (χ1v) is 11.5. The zero-order valence-corrected chi connectivity index (χ0v) is 17.9. The van der Waals surface area contributed by atoms with Crippen molar-refractivity contribution in [2.45, 2.75) is 24.8 Å². The molecule has 0 aliphatic heterocycles. The van der Waals surface area contributed by atoms with Gasteiger partial charge < -0.3 is 5.32 Å². The molecule has 3 rings (SSSR count). The Morgan fingerprint density at radius 1 is 1.07 bits per heavy atom. The highest BCUT2D eigenvalue weighted by Gasteiger charge is 2.30. The maximum Gasteiger partial charge on any atom is 0.266 e. The number of hydrogen-bond acceptors (Lipinski definition) is 5. The number of nitrogens with zero attached hydrogens (tertiary/aromatic N) is 2. The molecule has 0 aliphatic carbocycles. The SMILES string of the molecule is CC(C)C(NC(=O)CN(c1nccs1)S(=O)(=O)c1ccccc1)c1ccccc1. The molecule has 1 N–H and O–H groups in total. The maximum atomic E-state index is 13.2. The molecular weight excluding hydrogens is 406 g/mol. The Bertz CT molecular complexity index is 1020. The zero-order valence-electron chi connectivity index (χ0n) is 16.2. The molecule has 1 aromatic heterocycles. The van der Waals surface area contributed by atoms with E-state index in [0.29, 0.717) is 0 Å². The smallest absolute Gasteiger partial charge is 0.266 e. The molecule has 1 amide bonds. The monoisotopic (exact) mass is 429 g/mol. The Labute approximate surface area is 175 Å². The molecule has 0 saturated carbocycles. The van der Waals surface area contributed by atoms with E-state index in [2.05, 4.69) is 10.3 Å². The van der Waals surface area contributed by atoms with Crippen LogP contribution < -0.4 is 9.62 Å². The van der Waals surface area contributed by atoms with Crippen molar-refractivity contribution < 1.29 is 13.2 Å². The van der Waals surface area contributed by atoms with Crippen molar-refractivity contribution in [1.82, 2.24) is 10.3 Å². The normalized spacial score (nSPS) is 12.5. The van der Waals surface area contributed by atoms with Crippen LogP contribution in [-0.2, 0) is 14.8 Å². The van der Waals surface area contributed by atoms with Crippen molar-refractivity contribution >= 4 is 32.4 Å². The summed E-state index contributed by atoms with van der Waals surface area (Å²) in [5.74, 6) is -0.248. The number of benzene rings is 2. The predicted molar refractivity (Wildman–Crippen MR) is 115 cm³/mol. The molecule has 3 aromatic rings. The van der Waals surface area contributed by atoms with Crippen LogP contribution in [0.3, 0.4) is 0 Å². The molecule has 6 nitrogen and oxygen atoms in total. The van der Waals surface area contributed by atoms with Gasteiger partial charge in [0.1, 0.15) is 6.54 Å². The molecule has 0 bridgehead atoms. The lowest BCUT2D eigenvalue weighted by atomic mass is 9.96. The molecule has 0 spiro atoms. The van der Waals surface area contributed by atoms with Crippen molar-refractivity contribution in [1.29, 1.82) is 0 Å². The third-order valence-electron chi connectivity index (χ3n) is 4.39. The van der Waals surface area contributed by atoms with Crippen molar-refractivity contribution in [3.63, 3.8) is 0 Å². The van der Waals surface area contributed by atoms with E-state index in [0.717, 1.165) is 9.87 Å². The van der Waals surface area contributed by atoms with E-state index in [1.54, 1.807) is 23.6 Å². The average molecular weight is 430 g/mol. The summed E-state index contributed by atoms with van der Waals surface area (Å²) in [4.78, 5) is 17.1. The van der Waals surface area contributed by atoms with Gasteiger partial charge in [0, 0.05) is 11.6 Å². The van der Waals surface area contributed by atoms with Crippen LogP contribution in [0.5, 0.6) is 0 Å². The van der Waals surface area contributed by atoms with E-state index < -0.39 is 10.0 Å².